The first kappa shape index (κ1) is 16.7. The first-order chi connectivity index (χ1) is 11.8. The van der Waals surface area contributed by atoms with E-state index in [0.717, 1.165) is 0 Å². The first-order valence-electron chi connectivity index (χ1n) is 7.02. The van der Waals surface area contributed by atoms with Gasteiger partial charge in [-0.3, -0.25) is 14.6 Å². The average Bonchev–Trinajstić information content (AvgIpc) is 3.16. The van der Waals surface area contributed by atoms with Gasteiger partial charge in [-0.15, -0.1) is 0 Å². The van der Waals surface area contributed by atoms with Crippen LogP contribution in [0.25, 0.3) is 0 Å². The quantitative estimate of drug-likeness (QED) is 0.708. The number of alkyl halides is 3. The van der Waals surface area contributed by atoms with Crippen LogP contribution in [0.15, 0.2) is 42.7 Å². The van der Waals surface area contributed by atoms with E-state index in [2.05, 4.69) is 15.5 Å². The highest BCUT2D eigenvalue weighted by atomic mass is 19.4. The average molecular weight is 353 g/mol. The van der Waals surface area contributed by atoms with Gasteiger partial charge in [-0.05, 0) is 17.7 Å². The first-order valence-corrected chi connectivity index (χ1v) is 7.02. The Morgan fingerprint density at radius 1 is 1.28 bits per heavy atom. The second-order valence-electron chi connectivity index (χ2n) is 5.18. The van der Waals surface area contributed by atoms with Gasteiger partial charge in [-0.2, -0.15) is 23.4 Å². The molecule has 3 rings (SSSR count). The van der Waals surface area contributed by atoms with E-state index in [1.807, 2.05) is 0 Å². The number of carbonyl (C=O) groups is 1. The molecule has 10 heteroatoms. The Balaban J connectivity index is 1.66. The summed E-state index contributed by atoms with van der Waals surface area (Å²) in [6.45, 7) is 0.272. The molecule has 0 saturated heterocycles. The summed E-state index contributed by atoms with van der Waals surface area (Å²) in [7, 11) is 0. The summed E-state index contributed by atoms with van der Waals surface area (Å²) in [5, 5.41) is 11.5. The number of H-pyrrole nitrogens is 1. The predicted molar refractivity (Wildman–Crippen MR) is 79.3 cm³/mol. The molecule has 0 atom stereocenters. The van der Waals surface area contributed by atoms with Crippen LogP contribution >= 0.6 is 0 Å². The van der Waals surface area contributed by atoms with Gasteiger partial charge in [0, 0.05) is 12.3 Å². The summed E-state index contributed by atoms with van der Waals surface area (Å²) in [5.41, 5.74) is -0.564. The number of hydrogen-bond donors (Lipinski definition) is 2. The monoisotopic (exact) mass is 353 g/mol. The molecule has 0 fully saturated rings. The fourth-order valence-corrected chi connectivity index (χ4v) is 2.12. The number of benzene rings is 1. The molecule has 2 heterocycles. The fraction of sp³-hybridized carbons (Fsp3) is 0.133. The van der Waals surface area contributed by atoms with Gasteiger partial charge in [0.05, 0.1) is 18.4 Å². The Hall–Kier alpha value is -3.17. The van der Waals surface area contributed by atoms with E-state index >= 15 is 0 Å². The third-order valence-corrected chi connectivity index (χ3v) is 3.24. The summed E-state index contributed by atoms with van der Waals surface area (Å²) in [6.07, 6.45) is -1.81. The minimum absolute atomic E-state index is 0.272. The van der Waals surface area contributed by atoms with Crippen molar-refractivity contribution in [3.05, 3.63) is 65.5 Å². The SMILES string of the molecule is O=C(Nc1cnn(Cc2cccc(F)c2)c1)c1cc(C(F)(F)F)[nH]n1. The molecule has 1 amide bonds. The van der Waals surface area contributed by atoms with Crippen LogP contribution in [0.1, 0.15) is 21.7 Å². The molecule has 0 saturated carbocycles. The summed E-state index contributed by atoms with van der Waals surface area (Å²) < 4.78 is 52.1. The zero-order valence-electron chi connectivity index (χ0n) is 12.5. The Bertz CT molecular complexity index is 899. The van der Waals surface area contributed by atoms with Crippen molar-refractivity contribution < 1.29 is 22.4 Å². The maximum Gasteiger partial charge on any atom is 0.432 e. The summed E-state index contributed by atoms with van der Waals surface area (Å²) in [4.78, 5) is 11.9. The van der Waals surface area contributed by atoms with Crippen molar-refractivity contribution in [3.63, 3.8) is 0 Å². The number of aromatic amines is 1. The van der Waals surface area contributed by atoms with Crippen LogP contribution in [0, 0.1) is 5.82 Å². The standard InChI is InChI=1S/C15H11F4N5O/c16-10-3-1-2-9(4-10)7-24-8-11(6-20-24)21-14(25)12-5-13(23-22-12)15(17,18)19/h1-6,8H,7H2,(H,21,25)(H,22,23). The highest BCUT2D eigenvalue weighted by Crippen LogP contribution is 2.27. The molecule has 2 aromatic heterocycles. The molecule has 130 valence electrons. The van der Waals surface area contributed by atoms with E-state index in [0.29, 0.717) is 11.6 Å². The van der Waals surface area contributed by atoms with Crippen molar-refractivity contribution in [1.82, 2.24) is 20.0 Å². The van der Waals surface area contributed by atoms with Crippen molar-refractivity contribution in [2.75, 3.05) is 5.32 Å². The number of aromatic nitrogens is 4. The number of halogens is 4. The van der Waals surface area contributed by atoms with Gasteiger partial charge in [0.2, 0.25) is 0 Å². The number of rotatable bonds is 4. The van der Waals surface area contributed by atoms with Crippen LogP contribution in [0.2, 0.25) is 0 Å². The van der Waals surface area contributed by atoms with Gasteiger partial charge < -0.3 is 5.32 Å². The van der Waals surface area contributed by atoms with Crippen LogP contribution in [0.3, 0.4) is 0 Å². The minimum Gasteiger partial charge on any atom is -0.318 e. The molecule has 1 aromatic carbocycles. The molecule has 3 aromatic rings. The molecule has 0 spiro atoms. The molecular formula is C15H11F4N5O. The van der Waals surface area contributed by atoms with E-state index in [1.54, 1.807) is 17.2 Å². The van der Waals surface area contributed by atoms with Crippen LogP contribution in [-0.2, 0) is 12.7 Å². The fourth-order valence-electron chi connectivity index (χ4n) is 2.12. The highest BCUT2D eigenvalue weighted by molar-refractivity contribution is 6.02. The minimum atomic E-state index is -4.61. The van der Waals surface area contributed by atoms with E-state index in [9.17, 15) is 22.4 Å². The molecule has 25 heavy (non-hydrogen) atoms. The van der Waals surface area contributed by atoms with Gasteiger partial charge in [0.25, 0.3) is 5.91 Å². The number of anilines is 1. The molecule has 0 aliphatic heterocycles. The van der Waals surface area contributed by atoms with Crippen LogP contribution in [0.4, 0.5) is 23.2 Å². The van der Waals surface area contributed by atoms with Crippen molar-refractivity contribution >= 4 is 11.6 Å². The number of nitrogens with one attached hydrogen (secondary N) is 2. The molecule has 0 radical (unpaired) electrons. The Morgan fingerprint density at radius 2 is 2.08 bits per heavy atom. The zero-order chi connectivity index (χ0) is 18.0. The van der Waals surface area contributed by atoms with E-state index in [1.165, 1.54) is 29.2 Å². The molecule has 0 unspecified atom stereocenters. The Morgan fingerprint density at radius 3 is 2.76 bits per heavy atom. The van der Waals surface area contributed by atoms with Crippen molar-refractivity contribution in [2.24, 2.45) is 0 Å². The topological polar surface area (TPSA) is 75.6 Å². The molecule has 0 aliphatic rings. The lowest BCUT2D eigenvalue weighted by Gasteiger charge is -2.02. The summed E-state index contributed by atoms with van der Waals surface area (Å²) in [6, 6.07) is 6.56. The third-order valence-electron chi connectivity index (χ3n) is 3.24. The lowest BCUT2D eigenvalue weighted by molar-refractivity contribution is -0.141. The second kappa shape index (κ2) is 6.38. The molecule has 0 bridgehead atoms. The van der Waals surface area contributed by atoms with E-state index < -0.39 is 23.5 Å². The van der Waals surface area contributed by atoms with E-state index in [-0.39, 0.29) is 18.0 Å². The smallest absolute Gasteiger partial charge is 0.318 e. The number of hydrogen-bond acceptors (Lipinski definition) is 3. The van der Waals surface area contributed by atoms with Crippen molar-refractivity contribution in [3.8, 4) is 0 Å². The van der Waals surface area contributed by atoms with Crippen LogP contribution < -0.4 is 5.32 Å². The van der Waals surface area contributed by atoms with Crippen LogP contribution in [-0.4, -0.2) is 25.9 Å². The van der Waals surface area contributed by atoms with Crippen LogP contribution in [0.5, 0.6) is 0 Å². The number of amides is 1. The lowest BCUT2D eigenvalue weighted by atomic mass is 10.2. The lowest BCUT2D eigenvalue weighted by Crippen LogP contribution is -2.12. The van der Waals surface area contributed by atoms with Gasteiger partial charge in [-0.25, -0.2) is 4.39 Å². The molecular weight excluding hydrogens is 342 g/mol. The largest absolute Gasteiger partial charge is 0.432 e. The molecule has 2 N–H and O–H groups in total. The van der Waals surface area contributed by atoms with Gasteiger partial charge in [0.1, 0.15) is 11.5 Å². The normalized spacial score (nSPS) is 11.5. The van der Waals surface area contributed by atoms with Crippen molar-refractivity contribution in [1.29, 1.82) is 0 Å². The van der Waals surface area contributed by atoms with Crippen molar-refractivity contribution in [2.45, 2.75) is 12.7 Å². The summed E-state index contributed by atoms with van der Waals surface area (Å²) in [5.74, 6) is -1.19. The number of nitrogens with zero attached hydrogens (tertiary/aromatic N) is 3. The maximum absolute atomic E-state index is 13.1. The second-order valence-corrected chi connectivity index (χ2v) is 5.18. The predicted octanol–water partition coefficient (Wildman–Crippen LogP) is 3.06. The van der Waals surface area contributed by atoms with E-state index in [4.69, 9.17) is 0 Å². The highest BCUT2D eigenvalue weighted by Gasteiger charge is 2.33. The Kier molecular flexibility index (Phi) is 4.26. The maximum atomic E-state index is 13.1. The van der Waals surface area contributed by atoms with Gasteiger partial charge in [-0.1, -0.05) is 12.1 Å². The Labute approximate surface area is 138 Å². The van der Waals surface area contributed by atoms with Gasteiger partial charge in [0.15, 0.2) is 5.69 Å². The van der Waals surface area contributed by atoms with Gasteiger partial charge >= 0.3 is 6.18 Å². The molecule has 0 aliphatic carbocycles. The molecule has 6 nitrogen and oxygen atoms in total. The summed E-state index contributed by atoms with van der Waals surface area (Å²) >= 11 is 0. The third kappa shape index (κ3) is 4.03. The zero-order valence-corrected chi connectivity index (χ0v) is 12.5. The number of carbonyl (C=O) groups excluding carboxylic acids is 1.